The molecule has 0 spiro atoms. The summed E-state index contributed by atoms with van der Waals surface area (Å²) in [5, 5.41) is 0. The van der Waals surface area contributed by atoms with Crippen LogP contribution in [0.1, 0.15) is 13.3 Å². The lowest BCUT2D eigenvalue weighted by Crippen LogP contribution is -2.01. The predicted molar refractivity (Wildman–Crippen MR) is 39.6 cm³/mol. The smallest absolute Gasteiger partial charge is 0.100 e. The van der Waals surface area contributed by atoms with Gasteiger partial charge in [-0.3, -0.25) is 4.99 Å². The van der Waals surface area contributed by atoms with Crippen LogP contribution in [-0.2, 0) is 0 Å². The molecule has 0 amide bonds. The van der Waals surface area contributed by atoms with E-state index in [1.54, 1.807) is 0 Å². The maximum Gasteiger partial charge on any atom is 0.100 e. The number of allylic oxidation sites excluding steroid dienone is 1. The van der Waals surface area contributed by atoms with Gasteiger partial charge < -0.3 is 0 Å². The Morgan fingerprint density at radius 1 is 1.88 bits per heavy atom. The lowest BCUT2D eigenvalue weighted by molar-refractivity contribution is 0.756. The molecule has 0 bridgehead atoms. The van der Waals surface area contributed by atoms with Crippen molar-refractivity contribution in [2.45, 2.75) is 19.4 Å². The average molecular weight is 174 g/mol. The van der Waals surface area contributed by atoms with Gasteiger partial charge in [0.05, 0.1) is 6.04 Å². The van der Waals surface area contributed by atoms with Crippen molar-refractivity contribution >= 4 is 20.6 Å². The summed E-state index contributed by atoms with van der Waals surface area (Å²) in [6, 6.07) is 0.467. The third kappa shape index (κ3) is 1.44. The van der Waals surface area contributed by atoms with Gasteiger partial charge in [-0.1, -0.05) is 6.08 Å². The van der Waals surface area contributed by atoms with Gasteiger partial charge in [0.2, 0.25) is 0 Å². The van der Waals surface area contributed by atoms with Gasteiger partial charge in [-0.05, 0) is 35.4 Å². The summed E-state index contributed by atoms with van der Waals surface area (Å²) in [5.74, 6) is 0. The fourth-order valence-electron chi connectivity index (χ4n) is 0.669. The highest BCUT2D eigenvalue weighted by Crippen LogP contribution is 2.08. The first-order valence-electron chi connectivity index (χ1n) is 2.69. The molecule has 0 aromatic heterocycles. The van der Waals surface area contributed by atoms with E-state index in [2.05, 4.69) is 33.9 Å². The van der Waals surface area contributed by atoms with Crippen molar-refractivity contribution in [2.24, 2.45) is 4.99 Å². The minimum Gasteiger partial charge on any atom is -0.275 e. The Balaban J connectivity index is 2.63. The molecule has 2 heteroatoms. The molecule has 1 atom stereocenters. The van der Waals surface area contributed by atoms with E-state index in [0.717, 1.165) is 11.0 Å². The van der Waals surface area contributed by atoms with Gasteiger partial charge in [-0.25, -0.2) is 0 Å². The van der Waals surface area contributed by atoms with E-state index in [1.807, 2.05) is 6.08 Å². The van der Waals surface area contributed by atoms with Crippen LogP contribution in [0.5, 0.6) is 0 Å². The zero-order valence-electron chi connectivity index (χ0n) is 4.76. The second-order valence-electron chi connectivity index (χ2n) is 1.94. The van der Waals surface area contributed by atoms with Gasteiger partial charge in [0.1, 0.15) is 4.62 Å². The Morgan fingerprint density at radius 3 is 3.00 bits per heavy atom. The minimum atomic E-state index is 0.467. The Morgan fingerprint density at radius 2 is 2.62 bits per heavy atom. The average Bonchev–Trinajstić information content (AvgIpc) is 1.64. The molecular weight excluding hydrogens is 166 g/mol. The molecule has 0 saturated heterocycles. The first-order chi connectivity index (χ1) is 3.79. The molecule has 1 aliphatic heterocycles. The summed E-state index contributed by atoms with van der Waals surface area (Å²) < 4.78 is 0.969. The second-order valence-corrected chi connectivity index (χ2v) is 2.75. The van der Waals surface area contributed by atoms with Crippen LogP contribution < -0.4 is 0 Å². The lowest BCUT2D eigenvalue weighted by atomic mass is 10.2. The van der Waals surface area contributed by atoms with Crippen LogP contribution in [0.3, 0.4) is 0 Å². The van der Waals surface area contributed by atoms with Crippen molar-refractivity contribution in [3.05, 3.63) is 12.2 Å². The van der Waals surface area contributed by atoms with Crippen molar-refractivity contribution in [1.82, 2.24) is 0 Å². The van der Waals surface area contributed by atoms with Crippen LogP contribution in [0.25, 0.3) is 0 Å². The van der Waals surface area contributed by atoms with Crippen LogP contribution in [-0.4, -0.2) is 10.7 Å². The number of nitrogens with zero attached hydrogens (tertiary/aromatic N) is 1. The fraction of sp³-hybridized carbons (Fsp3) is 0.500. The molecule has 0 N–H and O–H groups in total. The van der Waals surface area contributed by atoms with Crippen molar-refractivity contribution in [2.75, 3.05) is 0 Å². The molecule has 0 radical (unpaired) electrons. The quantitative estimate of drug-likeness (QED) is 0.533. The van der Waals surface area contributed by atoms with Gasteiger partial charge in [-0.2, -0.15) is 0 Å². The Labute approximate surface area is 57.6 Å². The Hall–Kier alpha value is -0.110. The van der Waals surface area contributed by atoms with E-state index in [1.165, 1.54) is 0 Å². The molecule has 1 nitrogen and oxygen atoms in total. The zero-order valence-corrected chi connectivity index (χ0v) is 6.35. The first-order valence-corrected chi connectivity index (χ1v) is 3.48. The molecule has 8 heavy (non-hydrogen) atoms. The van der Waals surface area contributed by atoms with Crippen LogP contribution in [0.2, 0.25) is 0 Å². The highest BCUT2D eigenvalue weighted by molar-refractivity contribution is 9.18. The summed E-state index contributed by atoms with van der Waals surface area (Å²) >= 11 is 3.29. The predicted octanol–water partition coefficient (Wildman–Crippen LogP) is 2.13. The monoisotopic (exact) mass is 173 g/mol. The van der Waals surface area contributed by atoms with E-state index >= 15 is 0 Å². The van der Waals surface area contributed by atoms with Crippen LogP contribution in [0.15, 0.2) is 17.1 Å². The van der Waals surface area contributed by atoms with Crippen molar-refractivity contribution in [3.8, 4) is 0 Å². The summed E-state index contributed by atoms with van der Waals surface area (Å²) in [6.07, 6.45) is 5.19. The molecule has 1 heterocycles. The van der Waals surface area contributed by atoms with Crippen LogP contribution in [0, 0.1) is 0 Å². The molecule has 1 rings (SSSR count). The highest BCUT2D eigenvalue weighted by Gasteiger charge is 2.00. The van der Waals surface area contributed by atoms with Gasteiger partial charge >= 0.3 is 0 Å². The molecule has 44 valence electrons. The van der Waals surface area contributed by atoms with Crippen molar-refractivity contribution < 1.29 is 0 Å². The molecule has 0 fully saturated rings. The van der Waals surface area contributed by atoms with Gasteiger partial charge in [0.25, 0.3) is 0 Å². The fourth-order valence-corrected chi connectivity index (χ4v) is 1.20. The number of rotatable bonds is 0. The summed E-state index contributed by atoms with van der Waals surface area (Å²) in [4.78, 5) is 4.23. The Kier molecular flexibility index (Phi) is 1.84. The number of aliphatic imine (C=N–C) groups is 1. The summed E-state index contributed by atoms with van der Waals surface area (Å²) in [7, 11) is 0. The maximum atomic E-state index is 4.23. The molecule has 1 unspecified atom stereocenters. The van der Waals surface area contributed by atoms with Gasteiger partial charge in [-0.15, -0.1) is 0 Å². The Bertz CT molecular complexity index is 137. The largest absolute Gasteiger partial charge is 0.275 e. The van der Waals surface area contributed by atoms with Gasteiger partial charge in [0.15, 0.2) is 0 Å². The summed E-state index contributed by atoms with van der Waals surface area (Å²) in [6.45, 7) is 2.10. The van der Waals surface area contributed by atoms with Crippen molar-refractivity contribution in [1.29, 1.82) is 0 Å². The lowest BCUT2D eigenvalue weighted by Gasteiger charge is -2.05. The van der Waals surface area contributed by atoms with E-state index in [-0.39, 0.29) is 0 Å². The normalized spacial score (nSPS) is 27.8. The third-order valence-corrected chi connectivity index (χ3v) is 1.55. The molecular formula is C6H8BrN. The third-order valence-electron chi connectivity index (χ3n) is 1.08. The van der Waals surface area contributed by atoms with E-state index in [9.17, 15) is 0 Å². The van der Waals surface area contributed by atoms with Gasteiger partial charge in [0, 0.05) is 0 Å². The molecule has 0 aromatic rings. The zero-order chi connectivity index (χ0) is 5.98. The topological polar surface area (TPSA) is 12.4 Å². The highest BCUT2D eigenvalue weighted by atomic mass is 79.9. The minimum absolute atomic E-state index is 0.467. The summed E-state index contributed by atoms with van der Waals surface area (Å²) in [5.41, 5.74) is 0. The van der Waals surface area contributed by atoms with E-state index < -0.39 is 0 Å². The molecule has 0 saturated carbocycles. The molecule has 0 aliphatic carbocycles. The standard InChI is InChI=1S/C6H8BrN/c1-5-3-2-4-6(7)8-5/h2,4-5H,3H2,1H3. The number of halogens is 1. The second kappa shape index (κ2) is 2.44. The molecule has 1 aliphatic rings. The van der Waals surface area contributed by atoms with Crippen molar-refractivity contribution in [3.63, 3.8) is 0 Å². The number of dihydropyridines is 1. The number of hydrogen-bond donors (Lipinski definition) is 0. The molecule has 0 aromatic carbocycles. The number of hydrogen-bond acceptors (Lipinski definition) is 1. The van der Waals surface area contributed by atoms with Crippen LogP contribution in [0.4, 0.5) is 0 Å². The maximum absolute atomic E-state index is 4.23. The SMILES string of the molecule is CC1CC=CC(Br)=N1. The van der Waals surface area contributed by atoms with E-state index in [4.69, 9.17) is 0 Å². The first kappa shape index (κ1) is 6.02. The van der Waals surface area contributed by atoms with E-state index in [0.29, 0.717) is 6.04 Å². The van der Waals surface area contributed by atoms with Crippen LogP contribution >= 0.6 is 15.9 Å².